The third kappa shape index (κ3) is 2.16. The molecule has 20 heavy (non-hydrogen) atoms. The van der Waals surface area contributed by atoms with Gasteiger partial charge in [0.25, 0.3) is 5.70 Å². The molecule has 0 bridgehead atoms. The van der Waals surface area contributed by atoms with E-state index < -0.39 is 6.10 Å². The fraction of sp³-hybridized carbons (Fsp3) is 0.125. The molecule has 0 spiro atoms. The number of hydrogen-bond donors (Lipinski definition) is 0. The van der Waals surface area contributed by atoms with Crippen LogP contribution in [0.25, 0.3) is 6.08 Å². The minimum atomic E-state index is -0.666. The van der Waals surface area contributed by atoms with E-state index in [1.807, 2.05) is 55.5 Å². The van der Waals surface area contributed by atoms with E-state index in [9.17, 15) is 10.1 Å². The molecule has 0 aromatic heterocycles. The smallest absolute Gasteiger partial charge is 0.291 e. The van der Waals surface area contributed by atoms with Gasteiger partial charge in [0.05, 0.1) is 4.92 Å². The van der Waals surface area contributed by atoms with Crippen LogP contribution in [0, 0.1) is 17.0 Å². The summed E-state index contributed by atoms with van der Waals surface area (Å²) in [5, 5.41) is 11.3. The van der Waals surface area contributed by atoms with Crippen LogP contribution < -0.4 is 4.74 Å². The fourth-order valence-corrected chi connectivity index (χ4v) is 2.26. The molecule has 0 aliphatic carbocycles. The van der Waals surface area contributed by atoms with Crippen molar-refractivity contribution in [3.05, 3.63) is 81.0 Å². The highest BCUT2D eigenvalue weighted by molar-refractivity contribution is 5.62. The Morgan fingerprint density at radius 3 is 2.50 bits per heavy atom. The normalized spacial score (nSPS) is 16.9. The minimum absolute atomic E-state index is 0.0625. The van der Waals surface area contributed by atoms with Crippen molar-refractivity contribution in [1.82, 2.24) is 0 Å². The SMILES string of the molecule is Cc1ccc(C2Oc3ccccc3C=C2[N+](=O)[O-])cc1. The molecule has 0 amide bonds. The number of aryl methyl sites for hydroxylation is 1. The highest BCUT2D eigenvalue weighted by atomic mass is 16.6. The maximum Gasteiger partial charge on any atom is 0.291 e. The van der Waals surface area contributed by atoms with Crippen molar-refractivity contribution in [3.8, 4) is 5.75 Å². The highest BCUT2D eigenvalue weighted by Crippen LogP contribution is 2.37. The van der Waals surface area contributed by atoms with Crippen LogP contribution in [0.5, 0.6) is 5.75 Å². The zero-order chi connectivity index (χ0) is 14.1. The number of benzene rings is 2. The Labute approximate surface area is 116 Å². The summed E-state index contributed by atoms with van der Waals surface area (Å²) in [4.78, 5) is 10.9. The van der Waals surface area contributed by atoms with Crippen LogP contribution in [0.3, 0.4) is 0 Å². The fourth-order valence-electron chi connectivity index (χ4n) is 2.26. The summed E-state index contributed by atoms with van der Waals surface area (Å²) in [7, 11) is 0. The quantitative estimate of drug-likeness (QED) is 0.615. The Hall–Kier alpha value is -2.62. The topological polar surface area (TPSA) is 52.4 Å². The van der Waals surface area contributed by atoms with Gasteiger partial charge in [-0.15, -0.1) is 0 Å². The van der Waals surface area contributed by atoms with Gasteiger partial charge in [0.15, 0.2) is 0 Å². The molecule has 4 nitrogen and oxygen atoms in total. The average Bonchev–Trinajstić information content (AvgIpc) is 2.46. The van der Waals surface area contributed by atoms with E-state index in [0.29, 0.717) is 5.75 Å². The molecule has 1 atom stereocenters. The van der Waals surface area contributed by atoms with E-state index in [1.54, 1.807) is 6.08 Å². The van der Waals surface area contributed by atoms with Crippen molar-refractivity contribution in [2.45, 2.75) is 13.0 Å². The van der Waals surface area contributed by atoms with Crippen LogP contribution in [-0.2, 0) is 0 Å². The van der Waals surface area contributed by atoms with Crippen LogP contribution in [0.2, 0.25) is 0 Å². The predicted octanol–water partition coefficient (Wildman–Crippen LogP) is 3.75. The van der Waals surface area contributed by atoms with Gasteiger partial charge in [-0.2, -0.15) is 0 Å². The van der Waals surface area contributed by atoms with E-state index in [4.69, 9.17) is 4.74 Å². The largest absolute Gasteiger partial charge is 0.474 e. The molecule has 100 valence electrons. The molecule has 0 fully saturated rings. The molecular formula is C16H13NO3. The van der Waals surface area contributed by atoms with Gasteiger partial charge in [-0.25, -0.2) is 0 Å². The van der Waals surface area contributed by atoms with Crippen LogP contribution in [-0.4, -0.2) is 4.92 Å². The molecular weight excluding hydrogens is 254 g/mol. The first-order valence-corrected chi connectivity index (χ1v) is 6.33. The zero-order valence-electron chi connectivity index (χ0n) is 10.9. The van der Waals surface area contributed by atoms with Crippen LogP contribution in [0.1, 0.15) is 22.8 Å². The average molecular weight is 267 g/mol. The van der Waals surface area contributed by atoms with Crippen molar-refractivity contribution < 1.29 is 9.66 Å². The van der Waals surface area contributed by atoms with E-state index in [0.717, 1.165) is 16.7 Å². The molecule has 0 N–H and O–H groups in total. The van der Waals surface area contributed by atoms with Crippen LogP contribution >= 0.6 is 0 Å². The summed E-state index contributed by atoms with van der Waals surface area (Å²) in [5.74, 6) is 0.670. The number of para-hydroxylation sites is 1. The lowest BCUT2D eigenvalue weighted by atomic mass is 10.0. The second kappa shape index (κ2) is 4.81. The van der Waals surface area contributed by atoms with Crippen molar-refractivity contribution in [1.29, 1.82) is 0 Å². The molecule has 3 rings (SSSR count). The monoisotopic (exact) mass is 267 g/mol. The summed E-state index contributed by atoms with van der Waals surface area (Å²) >= 11 is 0. The summed E-state index contributed by atoms with van der Waals surface area (Å²) in [6.07, 6.45) is 0.920. The van der Waals surface area contributed by atoms with Gasteiger partial charge in [-0.1, -0.05) is 48.0 Å². The summed E-state index contributed by atoms with van der Waals surface area (Å²) in [5.41, 5.74) is 2.69. The van der Waals surface area contributed by atoms with Gasteiger partial charge in [0, 0.05) is 17.2 Å². The van der Waals surface area contributed by atoms with Crippen molar-refractivity contribution in [2.24, 2.45) is 0 Å². The van der Waals surface area contributed by atoms with Gasteiger partial charge in [-0.3, -0.25) is 10.1 Å². The molecule has 0 saturated heterocycles. The summed E-state index contributed by atoms with van der Waals surface area (Å²) in [6, 6.07) is 14.9. The Kier molecular flexibility index (Phi) is 2.99. The standard InChI is InChI=1S/C16H13NO3/c1-11-6-8-12(9-7-11)16-14(17(18)19)10-13-4-2-3-5-15(13)20-16/h2-10,16H,1H3. The maximum absolute atomic E-state index is 11.3. The van der Waals surface area contributed by atoms with Gasteiger partial charge in [0.2, 0.25) is 6.10 Å². The molecule has 2 aromatic rings. The highest BCUT2D eigenvalue weighted by Gasteiger charge is 2.32. The van der Waals surface area contributed by atoms with Crippen molar-refractivity contribution in [3.63, 3.8) is 0 Å². The second-order valence-corrected chi connectivity index (χ2v) is 4.77. The first-order valence-electron chi connectivity index (χ1n) is 6.33. The lowest BCUT2D eigenvalue weighted by molar-refractivity contribution is -0.434. The van der Waals surface area contributed by atoms with Gasteiger partial charge >= 0.3 is 0 Å². The molecule has 4 heteroatoms. The third-order valence-electron chi connectivity index (χ3n) is 3.33. The third-order valence-corrected chi connectivity index (χ3v) is 3.33. The molecule has 1 unspecified atom stereocenters. The maximum atomic E-state index is 11.3. The number of fused-ring (bicyclic) bond motifs is 1. The lowest BCUT2D eigenvalue weighted by Gasteiger charge is -2.22. The molecule has 0 radical (unpaired) electrons. The Bertz CT molecular complexity index is 689. The first-order chi connectivity index (χ1) is 9.65. The molecule has 1 aliphatic heterocycles. The summed E-state index contributed by atoms with van der Waals surface area (Å²) < 4.78 is 5.82. The van der Waals surface area contributed by atoms with Gasteiger partial charge < -0.3 is 4.74 Å². The summed E-state index contributed by atoms with van der Waals surface area (Å²) in [6.45, 7) is 1.98. The Morgan fingerprint density at radius 1 is 1.10 bits per heavy atom. The Balaban J connectivity index is 2.08. The van der Waals surface area contributed by atoms with E-state index in [-0.39, 0.29) is 10.6 Å². The predicted molar refractivity (Wildman–Crippen MR) is 76.0 cm³/mol. The van der Waals surface area contributed by atoms with Crippen molar-refractivity contribution in [2.75, 3.05) is 0 Å². The number of hydrogen-bond acceptors (Lipinski definition) is 3. The van der Waals surface area contributed by atoms with E-state index in [1.165, 1.54) is 0 Å². The number of rotatable bonds is 2. The lowest BCUT2D eigenvalue weighted by Crippen LogP contribution is -2.19. The van der Waals surface area contributed by atoms with E-state index in [2.05, 4.69) is 0 Å². The number of nitro groups is 1. The second-order valence-electron chi connectivity index (χ2n) is 4.77. The van der Waals surface area contributed by atoms with Crippen LogP contribution in [0.4, 0.5) is 0 Å². The van der Waals surface area contributed by atoms with Gasteiger partial charge in [0.1, 0.15) is 5.75 Å². The van der Waals surface area contributed by atoms with E-state index >= 15 is 0 Å². The number of nitrogens with zero attached hydrogens (tertiary/aromatic N) is 1. The zero-order valence-corrected chi connectivity index (χ0v) is 10.9. The molecule has 2 aromatic carbocycles. The van der Waals surface area contributed by atoms with Crippen molar-refractivity contribution >= 4 is 6.08 Å². The minimum Gasteiger partial charge on any atom is -0.474 e. The molecule has 0 saturated carbocycles. The van der Waals surface area contributed by atoms with Crippen LogP contribution in [0.15, 0.2) is 54.2 Å². The first kappa shape index (κ1) is 12.4. The number of ether oxygens (including phenoxy) is 1. The molecule has 1 heterocycles. The van der Waals surface area contributed by atoms with Gasteiger partial charge in [-0.05, 0) is 13.0 Å². The Morgan fingerprint density at radius 2 is 1.80 bits per heavy atom. The molecule has 1 aliphatic rings.